The van der Waals surface area contributed by atoms with E-state index in [1.807, 2.05) is 12.1 Å². The lowest BCUT2D eigenvalue weighted by atomic mass is 10.0. The van der Waals surface area contributed by atoms with Crippen molar-refractivity contribution in [2.24, 2.45) is 5.73 Å². The number of hydrogen-bond acceptors (Lipinski definition) is 2. The summed E-state index contributed by atoms with van der Waals surface area (Å²) >= 11 is 0. The lowest BCUT2D eigenvalue weighted by Crippen LogP contribution is -2.05. The van der Waals surface area contributed by atoms with Crippen LogP contribution in [0.1, 0.15) is 30.4 Å². The summed E-state index contributed by atoms with van der Waals surface area (Å²) in [6.45, 7) is 0.731. The Bertz CT molecular complexity index is 318. The third-order valence-electron chi connectivity index (χ3n) is 2.86. The van der Waals surface area contributed by atoms with Crippen molar-refractivity contribution in [3.8, 4) is 0 Å². The minimum atomic E-state index is -0.501. The predicted molar refractivity (Wildman–Crippen MR) is 56.9 cm³/mol. The average Bonchev–Trinajstić information content (AvgIpc) is 2.95. The summed E-state index contributed by atoms with van der Waals surface area (Å²) in [7, 11) is 0. The van der Waals surface area contributed by atoms with Crippen LogP contribution in [0.2, 0.25) is 0 Å². The quantitative estimate of drug-likeness (QED) is 0.758. The van der Waals surface area contributed by atoms with Crippen molar-refractivity contribution in [3.63, 3.8) is 0 Å². The summed E-state index contributed by atoms with van der Waals surface area (Å²) < 4.78 is 0. The van der Waals surface area contributed by atoms with Crippen molar-refractivity contribution >= 4 is 0 Å². The van der Waals surface area contributed by atoms with E-state index in [0.29, 0.717) is 0 Å². The summed E-state index contributed by atoms with van der Waals surface area (Å²) in [6.07, 6.45) is 3.85. The summed E-state index contributed by atoms with van der Waals surface area (Å²) in [4.78, 5) is 0. The molecule has 2 nitrogen and oxygen atoms in total. The molecule has 1 aromatic carbocycles. The van der Waals surface area contributed by atoms with Gasteiger partial charge in [-0.2, -0.15) is 0 Å². The van der Waals surface area contributed by atoms with E-state index < -0.39 is 5.60 Å². The molecule has 2 heteroatoms. The van der Waals surface area contributed by atoms with Gasteiger partial charge in [-0.3, -0.25) is 0 Å². The first-order chi connectivity index (χ1) is 6.74. The first-order valence-corrected chi connectivity index (χ1v) is 5.26. The Kier molecular flexibility index (Phi) is 2.57. The van der Waals surface area contributed by atoms with E-state index in [9.17, 15) is 5.11 Å². The number of hydrogen-bond donors (Lipinski definition) is 2. The van der Waals surface area contributed by atoms with Crippen LogP contribution in [-0.4, -0.2) is 11.7 Å². The van der Waals surface area contributed by atoms with Crippen molar-refractivity contribution in [2.45, 2.75) is 31.3 Å². The SMILES string of the molecule is NCCCc1cccc(C2(O)CC2)c1. The zero-order valence-electron chi connectivity index (χ0n) is 8.37. The fraction of sp³-hybridized carbons (Fsp3) is 0.500. The van der Waals surface area contributed by atoms with Crippen molar-refractivity contribution in [2.75, 3.05) is 6.54 Å². The normalized spacial score (nSPS) is 18.1. The van der Waals surface area contributed by atoms with Gasteiger partial charge in [-0.15, -0.1) is 0 Å². The molecule has 0 atom stereocenters. The van der Waals surface area contributed by atoms with Gasteiger partial charge in [-0.05, 0) is 43.4 Å². The highest BCUT2D eigenvalue weighted by molar-refractivity contribution is 5.31. The summed E-state index contributed by atoms with van der Waals surface area (Å²) in [5.41, 5.74) is 7.32. The molecule has 1 aliphatic carbocycles. The van der Waals surface area contributed by atoms with E-state index in [0.717, 1.165) is 37.8 Å². The number of rotatable bonds is 4. The van der Waals surface area contributed by atoms with Crippen LogP contribution in [0, 0.1) is 0 Å². The van der Waals surface area contributed by atoms with Crippen LogP contribution in [-0.2, 0) is 12.0 Å². The highest BCUT2D eigenvalue weighted by Gasteiger charge is 2.41. The molecule has 0 aromatic heterocycles. The molecule has 0 aliphatic heterocycles. The number of benzene rings is 1. The lowest BCUT2D eigenvalue weighted by Gasteiger charge is -2.09. The Morgan fingerprint density at radius 1 is 1.36 bits per heavy atom. The molecule has 0 heterocycles. The van der Waals surface area contributed by atoms with Crippen LogP contribution < -0.4 is 5.73 Å². The second-order valence-electron chi connectivity index (χ2n) is 4.12. The third kappa shape index (κ3) is 1.97. The molecule has 3 N–H and O–H groups in total. The molecular weight excluding hydrogens is 174 g/mol. The molecule has 1 saturated carbocycles. The van der Waals surface area contributed by atoms with Crippen LogP contribution in [0.3, 0.4) is 0 Å². The van der Waals surface area contributed by atoms with Crippen LogP contribution in [0.5, 0.6) is 0 Å². The second-order valence-corrected chi connectivity index (χ2v) is 4.12. The van der Waals surface area contributed by atoms with E-state index in [1.165, 1.54) is 5.56 Å². The Labute approximate surface area is 84.7 Å². The standard InChI is InChI=1S/C12H17NO/c13-8-2-4-10-3-1-5-11(9-10)12(14)6-7-12/h1,3,5,9,14H,2,4,6-8,13H2. The number of nitrogens with two attached hydrogens (primary N) is 1. The van der Waals surface area contributed by atoms with Crippen molar-refractivity contribution < 1.29 is 5.11 Å². The highest BCUT2D eigenvalue weighted by Crippen LogP contribution is 2.45. The van der Waals surface area contributed by atoms with Gasteiger partial charge in [0, 0.05) is 0 Å². The van der Waals surface area contributed by atoms with Gasteiger partial charge in [0.15, 0.2) is 0 Å². The molecule has 0 bridgehead atoms. The van der Waals surface area contributed by atoms with Gasteiger partial charge < -0.3 is 10.8 Å². The van der Waals surface area contributed by atoms with Gasteiger partial charge in [0.25, 0.3) is 0 Å². The van der Waals surface area contributed by atoms with Crippen LogP contribution in [0.4, 0.5) is 0 Å². The van der Waals surface area contributed by atoms with Gasteiger partial charge in [0.2, 0.25) is 0 Å². The molecule has 0 spiro atoms. The van der Waals surface area contributed by atoms with Gasteiger partial charge in [0.1, 0.15) is 0 Å². The molecule has 0 radical (unpaired) electrons. The van der Waals surface area contributed by atoms with Gasteiger partial charge >= 0.3 is 0 Å². The largest absolute Gasteiger partial charge is 0.385 e. The fourth-order valence-electron chi connectivity index (χ4n) is 1.73. The second kappa shape index (κ2) is 3.71. The molecule has 0 saturated heterocycles. The molecule has 14 heavy (non-hydrogen) atoms. The highest BCUT2D eigenvalue weighted by atomic mass is 16.3. The van der Waals surface area contributed by atoms with Crippen LogP contribution in [0.15, 0.2) is 24.3 Å². The number of aliphatic hydroxyl groups is 1. The Hall–Kier alpha value is -0.860. The minimum absolute atomic E-state index is 0.501. The predicted octanol–water partition coefficient (Wildman–Crippen LogP) is 1.56. The van der Waals surface area contributed by atoms with E-state index in [1.54, 1.807) is 0 Å². The molecular formula is C12H17NO. The molecule has 2 rings (SSSR count). The topological polar surface area (TPSA) is 46.2 Å². The van der Waals surface area contributed by atoms with Crippen molar-refractivity contribution in [1.29, 1.82) is 0 Å². The molecule has 76 valence electrons. The van der Waals surface area contributed by atoms with E-state index in [-0.39, 0.29) is 0 Å². The molecule has 1 aromatic rings. The smallest absolute Gasteiger partial charge is 0.0899 e. The van der Waals surface area contributed by atoms with Gasteiger partial charge in [-0.1, -0.05) is 24.3 Å². The molecule has 0 amide bonds. The zero-order chi connectivity index (χ0) is 10.0. The summed E-state index contributed by atoms with van der Waals surface area (Å²) in [5.74, 6) is 0. The maximum absolute atomic E-state index is 9.93. The lowest BCUT2D eigenvalue weighted by molar-refractivity contribution is 0.151. The first-order valence-electron chi connectivity index (χ1n) is 5.26. The third-order valence-corrected chi connectivity index (χ3v) is 2.86. The summed E-state index contributed by atoms with van der Waals surface area (Å²) in [6, 6.07) is 8.25. The fourth-order valence-corrected chi connectivity index (χ4v) is 1.73. The Balaban J connectivity index is 2.11. The van der Waals surface area contributed by atoms with Gasteiger partial charge in [-0.25, -0.2) is 0 Å². The molecule has 0 unspecified atom stereocenters. The molecule has 1 aliphatic rings. The summed E-state index contributed by atoms with van der Waals surface area (Å²) in [5, 5.41) is 9.93. The van der Waals surface area contributed by atoms with Crippen LogP contribution in [0.25, 0.3) is 0 Å². The average molecular weight is 191 g/mol. The zero-order valence-corrected chi connectivity index (χ0v) is 8.37. The van der Waals surface area contributed by atoms with Gasteiger partial charge in [0.05, 0.1) is 5.60 Å². The van der Waals surface area contributed by atoms with E-state index >= 15 is 0 Å². The molecule has 1 fully saturated rings. The monoisotopic (exact) mass is 191 g/mol. The Morgan fingerprint density at radius 2 is 2.14 bits per heavy atom. The maximum Gasteiger partial charge on any atom is 0.0899 e. The maximum atomic E-state index is 9.93. The first kappa shape index (κ1) is 9.69. The van der Waals surface area contributed by atoms with E-state index in [4.69, 9.17) is 5.73 Å². The Morgan fingerprint density at radius 3 is 2.79 bits per heavy atom. The van der Waals surface area contributed by atoms with E-state index in [2.05, 4.69) is 12.1 Å². The van der Waals surface area contributed by atoms with Crippen molar-refractivity contribution in [3.05, 3.63) is 35.4 Å². The van der Waals surface area contributed by atoms with Crippen LogP contribution >= 0.6 is 0 Å². The van der Waals surface area contributed by atoms with Crippen molar-refractivity contribution in [1.82, 2.24) is 0 Å². The number of aryl methyl sites for hydroxylation is 1. The minimum Gasteiger partial charge on any atom is -0.385 e.